The van der Waals surface area contributed by atoms with Gasteiger partial charge >= 0.3 is 0 Å². The van der Waals surface area contributed by atoms with Crippen molar-refractivity contribution in [1.82, 2.24) is 15.1 Å². The van der Waals surface area contributed by atoms with E-state index in [9.17, 15) is 0 Å². The van der Waals surface area contributed by atoms with Crippen LogP contribution in [0.5, 0.6) is 0 Å². The molecule has 2 rings (SSSR count). The predicted octanol–water partition coefficient (Wildman–Crippen LogP) is 1.87. The van der Waals surface area contributed by atoms with E-state index in [0.717, 1.165) is 5.69 Å². The minimum atomic E-state index is 0.0596. The van der Waals surface area contributed by atoms with E-state index in [4.69, 9.17) is 21.1 Å². The van der Waals surface area contributed by atoms with Gasteiger partial charge < -0.3 is 14.8 Å². The molecule has 1 aliphatic carbocycles. The third-order valence-electron chi connectivity index (χ3n) is 3.63. The lowest BCUT2D eigenvalue weighted by atomic mass is 10.0. The predicted molar refractivity (Wildman–Crippen MR) is 74.4 cm³/mol. The highest BCUT2D eigenvalue weighted by Crippen LogP contribution is 2.40. The van der Waals surface area contributed by atoms with Gasteiger partial charge in [-0.25, -0.2) is 0 Å². The molecule has 19 heavy (non-hydrogen) atoms. The van der Waals surface area contributed by atoms with E-state index >= 15 is 0 Å². The molecule has 1 saturated carbocycles. The molecule has 1 aromatic rings. The van der Waals surface area contributed by atoms with Gasteiger partial charge in [-0.3, -0.25) is 4.68 Å². The van der Waals surface area contributed by atoms with Crippen LogP contribution in [0.1, 0.15) is 24.6 Å². The summed E-state index contributed by atoms with van der Waals surface area (Å²) in [7, 11) is 5.38. The molecule has 0 aliphatic heterocycles. The Morgan fingerprint density at radius 2 is 2.26 bits per heavy atom. The number of halogens is 1. The topological polar surface area (TPSA) is 48.3 Å². The lowest BCUT2D eigenvalue weighted by Crippen LogP contribution is -2.34. The molecule has 0 saturated heterocycles. The molecule has 1 heterocycles. The number of nitrogens with one attached hydrogen (secondary N) is 1. The molecule has 108 valence electrons. The number of ether oxygens (including phenoxy) is 2. The summed E-state index contributed by atoms with van der Waals surface area (Å²) >= 11 is 6.30. The van der Waals surface area contributed by atoms with Gasteiger partial charge in [0.15, 0.2) is 0 Å². The fourth-order valence-electron chi connectivity index (χ4n) is 2.52. The largest absolute Gasteiger partial charge is 0.383 e. The van der Waals surface area contributed by atoms with E-state index in [0.29, 0.717) is 24.1 Å². The van der Waals surface area contributed by atoms with Gasteiger partial charge in [0.1, 0.15) is 0 Å². The molecule has 0 bridgehead atoms. The first-order valence-corrected chi connectivity index (χ1v) is 7.01. The van der Waals surface area contributed by atoms with Gasteiger partial charge in [-0.1, -0.05) is 11.6 Å². The zero-order valence-corrected chi connectivity index (χ0v) is 12.5. The second-order valence-electron chi connectivity index (χ2n) is 4.90. The van der Waals surface area contributed by atoms with Crippen molar-refractivity contribution < 1.29 is 9.47 Å². The van der Waals surface area contributed by atoms with E-state index in [2.05, 4.69) is 10.4 Å². The van der Waals surface area contributed by atoms with Gasteiger partial charge in [-0.2, -0.15) is 5.10 Å². The van der Waals surface area contributed by atoms with Crippen molar-refractivity contribution >= 4 is 11.6 Å². The molecular formula is C13H22ClN3O2. The number of aromatic nitrogens is 2. The molecule has 1 aromatic heterocycles. The van der Waals surface area contributed by atoms with Crippen LogP contribution in [0, 0.1) is 5.92 Å². The SMILES string of the molecule is CNC(c1c(Cl)cnn1CCOC)C(OC)C1CC1. The number of hydrogen-bond acceptors (Lipinski definition) is 4. The van der Waals surface area contributed by atoms with Crippen LogP contribution >= 0.6 is 11.6 Å². The lowest BCUT2D eigenvalue weighted by Gasteiger charge is -2.26. The summed E-state index contributed by atoms with van der Waals surface area (Å²) in [5.74, 6) is 0.615. The van der Waals surface area contributed by atoms with Crippen LogP contribution in [-0.2, 0) is 16.0 Å². The zero-order valence-electron chi connectivity index (χ0n) is 11.7. The van der Waals surface area contributed by atoms with Gasteiger partial charge in [-0.15, -0.1) is 0 Å². The molecule has 0 aromatic carbocycles. The van der Waals surface area contributed by atoms with Crippen LogP contribution < -0.4 is 5.32 Å². The Labute approximate surface area is 119 Å². The Balaban J connectivity index is 2.23. The van der Waals surface area contributed by atoms with Crippen LogP contribution in [0.4, 0.5) is 0 Å². The van der Waals surface area contributed by atoms with E-state index in [1.165, 1.54) is 12.8 Å². The molecule has 0 spiro atoms. The van der Waals surface area contributed by atoms with Crippen molar-refractivity contribution in [2.45, 2.75) is 31.5 Å². The summed E-state index contributed by atoms with van der Waals surface area (Å²) in [6.07, 6.45) is 4.28. The monoisotopic (exact) mass is 287 g/mol. The second-order valence-corrected chi connectivity index (χ2v) is 5.30. The zero-order chi connectivity index (χ0) is 13.8. The van der Waals surface area contributed by atoms with Gasteiger partial charge in [0, 0.05) is 14.2 Å². The summed E-state index contributed by atoms with van der Waals surface area (Å²) in [6.45, 7) is 1.31. The molecule has 6 heteroatoms. The van der Waals surface area contributed by atoms with Crippen LogP contribution in [0.2, 0.25) is 5.02 Å². The highest BCUT2D eigenvalue weighted by Gasteiger charge is 2.39. The third-order valence-corrected chi connectivity index (χ3v) is 3.92. The maximum Gasteiger partial charge on any atom is 0.0835 e. The Morgan fingerprint density at radius 1 is 1.53 bits per heavy atom. The van der Waals surface area contributed by atoms with Gasteiger partial charge in [-0.05, 0) is 25.8 Å². The van der Waals surface area contributed by atoms with E-state index in [-0.39, 0.29) is 12.1 Å². The molecule has 1 N–H and O–H groups in total. The summed E-state index contributed by atoms with van der Waals surface area (Å²) < 4.78 is 12.7. The highest BCUT2D eigenvalue weighted by molar-refractivity contribution is 6.31. The van der Waals surface area contributed by atoms with Crippen LogP contribution in [-0.4, -0.2) is 43.8 Å². The van der Waals surface area contributed by atoms with Crippen molar-refractivity contribution in [2.75, 3.05) is 27.9 Å². The molecule has 2 unspecified atom stereocenters. The van der Waals surface area contributed by atoms with E-state index in [1.807, 2.05) is 11.7 Å². The van der Waals surface area contributed by atoms with Crippen molar-refractivity contribution in [3.8, 4) is 0 Å². The van der Waals surface area contributed by atoms with Crippen LogP contribution in [0.3, 0.4) is 0 Å². The average Bonchev–Trinajstić information content (AvgIpc) is 3.19. The van der Waals surface area contributed by atoms with E-state index in [1.54, 1.807) is 20.4 Å². The van der Waals surface area contributed by atoms with Crippen molar-refractivity contribution in [3.63, 3.8) is 0 Å². The Morgan fingerprint density at radius 3 is 2.79 bits per heavy atom. The maximum absolute atomic E-state index is 6.30. The van der Waals surface area contributed by atoms with Gasteiger partial charge in [0.2, 0.25) is 0 Å². The summed E-state index contributed by atoms with van der Waals surface area (Å²) in [5.41, 5.74) is 0.986. The summed E-state index contributed by atoms with van der Waals surface area (Å²) in [4.78, 5) is 0. The molecular weight excluding hydrogens is 266 g/mol. The fraction of sp³-hybridized carbons (Fsp3) is 0.769. The minimum Gasteiger partial charge on any atom is -0.383 e. The van der Waals surface area contributed by atoms with Crippen molar-refractivity contribution in [1.29, 1.82) is 0 Å². The maximum atomic E-state index is 6.30. The standard InChI is InChI=1S/C13H22ClN3O2/c1-15-11(13(19-3)9-4-5-9)12-10(14)8-16-17(12)6-7-18-2/h8-9,11,13,15H,4-7H2,1-3H3. The lowest BCUT2D eigenvalue weighted by molar-refractivity contribution is 0.0498. The molecule has 1 aliphatic rings. The smallest absolute Gasteiger partial charge is 0.0835 e. The Bertz CT molecular complexity index is 407. The fourth-order valence-corrected chi connectivity index (χ4v) is 2.78. The molecule has 2 atom stereocenters. The molecule has 1 fully saturated rings. The molecule has 0 radical (unpaired) electrons. The number of likely N-dealkylation sites (N-methyl/N-ethyl adjacent to an activating group) is 1. The number of hydrogen-bond donors (Lipinski definition) is 1. The molecule has 0 amide bonds. The first-order chi connectivity index (χ1) is 9.22. The Hall–Kier alpha value is -0.620. The Kier molecular flexibility index (Phi) is 5.21. The number of nitrogens with zero attached hydrogens (tertiary/aromatic N) is 2. The summed E-state index contributed by atoms with van der Waals surface area (Å²) in [6, 6.07) is 0.0596. The summed E-state index contributed by atoms with van der Waals surface area (Å²) in [5, 5.41) is 8.33. The van der Waals surface area contributed by atoms with Gasteiger partial charge in [0.05, 0.1) is 42.2 Å². The van der Waals surface area contributed by atoms with Crippen molar-refractivity contribution in [3.05, 3.63) is 16.9 Å². The number of rotatable bonds is 8. The molecule has 5 nitrogen and oxygen atoms in total. The first kappa shape index (κ1) is 14.8. The van der Waals surface area contributed by atoms with E-state index < -0.39 is 0 Å². The van der Waals surface area contributed by atoms with Crippen LogP contribution in [0.25, 0.3) is 0 Å². The van der Waals surface area contributed by atoms with Crippen LogP contribution in [0.15, 0.2) is 6.20 Å². The third kappa shape index (κ3) is 3.28. The quantitative estimate of drug-likeness (QED) is 0.793. The van der Waals surface area contributed by atoms with Crippen molar-refractivity contribution in [2.24, 2.45) is 5.92 Å². The minimum absolute atomic E-state index is 0.0596. The first-order valence-electron chi connectivity index (χ1n) is 6.63. The second kappa shape index (κ2) is 6.70. The average molecular weight is 288 g/mol. The van der Waals surface area contributed by atoms with Gasteiger partial charge in [0.25, 0.3) is 0 Å². The normalized spacial score (nSPS) is 18.5. The highest BCUT2D eigenvalue weighted by atomic mass is 35.5. The number of methoxy groups -OCH3 is 2.